The van der Waals surface area contributed by atoms with Crippen LogP contribution in [0.4, 0.5) is 0 Å². The summed E-state index contributed by atoms with van der Waals surface area (Å²) in [5, 5.41) is 4.34. The van der Waals surface area contributed by atoms with Crippen molar-refractivity contribution in [1.82, 2.24) is 19.3 Å². The fourth-order valence-electron chi connectivity index (χ4n) is 2.21. The highest BCUT2D eigenvalue weighted by molar-refractivity contribution is 5.83. The Labute approximate surface area is 110 Å². The van der Waals surface area contributed by atoms with E-state index in [0.717, 1.165) is 34.4 Å². The van der Waals surface area contributed by atoms with Crippen molar-refractivity contribution < 1.29 is 4.79 Å². The van der Waals surface area contributed by atoms with Crippen LogP contribution in [0, 0.1) is 6.92 Å². The van der Waals surface area contributed by atoms with E-state index < -0.39 is 0 Å². The lowest BCUT2D eigenvalue weighted by Crippen LogP contribution is -1.95. The molecule has 96 valence electrons. The summed E-state index contributed by atoms with van der Waals surface area (Å²) >= 11 is 0. The molecule has 0 saturated carbocycles. The molecule has 0 aliphatic carbocycles. The monoisotopic (exact) mass is 254 g/mol. The highest BCUT2D eigenvalue weighted by Gasteiger charge is 2.09. The molecule has 3 aromatic rings. The molecule has 2 aromatic heterocycles. The molecule has 0 saturated heterocycles. The van der Waals surface area contributed by atoms with E-state index in [4.69, 9.17) is 0 Å². The number of hydrogen-bond acceptors (Lipinski definition) is 3. The number of fused-ring (bicyclic) bond motifs is 1. The van der Waals surface area contributed by atoms with Crippen molar-refractivity contribution >= 4 is 17.3 Å². The third-order valence-electron chi connectivity index (χ3n) is 3.44. The maximum atomic E-state index is 10.9. The van der Waals surface area contributed by atoms with E-state index in [-0.39, 0.29) is 0 Å². The van der Waals surface area contributed by atoms with Crippen molar-refractivity contribution in [1.29, 1.82) is 0 Å². The Kier molecular flexibility index (Phi) is 2.48. The topological polar surface area (TPSA) is 52.7 Å². The quantitative estimate of drug-likeness (QED) is 0.658. The second kappa shape index (κ2) is 4.05. The van der Waals surface area contributed by atoms with Crippen molar-refractivity contribution in [2.75, 3.05) is 0 Å². The Morgan fingerprint density at radius 1 is 1.21 bits per heavy atom. The SMILES string of the molecule is Cc1nc2cc(-c3cc(C=O)n(C)n3)ccc2n1C. The van der Waals surface area contributed by atoms with Crippen LogP contribution in [0.15, 0.2) is 24.3 Å². The largest absolute Gasteiger partial charge is 0.331 e. The van der Waals surface area contributed by atoms with Gasteiger partial charge in [0.25, 0.3) is 0 Å². The van der Waals surface area contributed by atoms with E-state index in [9.17, 15) is 4.79 Å². The van der Waals surface area contributed by atoms with Crippen molar-refractivity contribution in [2.45, 2.75) is 6.92 Å². The molecule has 0 aliphatic rings. The average Bonchev–Trinajstić information content (AvgIpc) is 2.91. The number of aromatic nitrogens is 4. The summed E-state index contributed by atoms with van der Waals surface area (Å²) in [6.45, 7) is 1.98. The predicted molar refractivity (Wildman–Crippen MR) is 73.0 cm³/mol. The van der Waals surface area contributed by atoms with Crippen molar-refractivity contribution in [3.8, 4) is 11.3 Å². The van der Waals surface area contributed by atoms with E-state index in [1.807, 2.05) is 36.7 Å². The summed E-state index contributed by atoms with van der Waals surface area (Å²) < 4.78 is 3.63. The number of carbonyl (C=O) groups excluding carboxylic acids is 1. The molecule has 19 heavy (non-hydrogen) atoms. The smallest absolute Gasteiger partial charge is 0.168 e. The molecule has 3 rings (SSSR count). The van der Waals surface area contributed by atoms with Crippen LogP contribution in [0.2, 0.25) is 0 Å². The molecule has 0 fully saturated rings. The van der Waals surface area contributed by atoms with Crippen molar-refractivity contribution in [2.24, 2.45) is 14.1 Å². The number of imidazole rings is 1. The first kappa shape index (κ1) is 11.6. The van der Waals surface area contributed by atoms with Crippen LogP contribution in [0.3, 0.4) is 0 Å². The fourth-order valence-corrected chi connectivity index (χ4v) is 2.21. The molecular formula is C14H14N4O. The van der Waals surface area contributed by atoms with Gasteiger partial charge in [-0.05, 0) is 25.1 Å². The zero-order chi connectivity index (χ0) is 13.6. The van der Waals surface area contributed by atoms with Crippen LogP contribution >= 0.6 is 0 Å². The van der Waals surface area contributed by atoms with Gasteiger partial charge in [0.1, 0.15) is 11.5 Å². The second-order valence-electron chi connectivity index (χ2n) is 4.62. The third-order valence-corrected chi connectivity index (χ3v) is 3.44. The Morgan fingerprint density at radius 3 is 2.68 bits per heavy atom. The molecule has 5 heteroatoms. The standard InChI is InChI=1S/C14H14N4O/c1-9-15-13-6-10(4-5-14(13)17(9)2)12-7-11(8-19)18(3)16-12/h4-8H,1-3H3. The Balaban J connectivity index is 2.17. The summed E-state index contributed by atoms with van der Waals surface area (Å²) in [5.74, 6) is 0.974. The molecule has 2 heterocycles. The van der Waals surface area contributed by atoms with Gasteiger partial charge in [0.15, 0.2) is 6.29 Å². The first-order chi connectivity index (χ1) is 9.10. The number of nitrogens with zero attached hydrogens (tertiary/aromatic N) is 4. The van der Waals surface area contributed by atoms with E-state index in [2.05, 4.69) is 10.1 Å². The minimum atomic E-state index is 0.562. The Morgan fingerprint density at radius 2 is 2.00 bits per heavy atom. The zero-order valence-electron chi connectivity index (χ0n) is 11.1. The lowest BCUT2D eigenvalue weighted by molar-refractivity contribution is 0.111. The highest BCUT2D eigenvalue weighted by atomic mass is 16.1. The van der Waals surface area contributed by atoms with Crippen molar-refractivity contribution in [3.63, 3.8) is 0 Å². The first-order valence-corrected chi connectivity index (χ1v) is 6.03. The lowest BCUT2D eigenvalue weighted by atomic mass is 10.1. The summed E-state index contributed by atoms with van der Waals surface area (Å²) in [6, 6.07) is 7.81. The molecule has 0 spiro atoms. The molecular weight excluding hydrogens is 240 g/mol. The molecule has 0 N–H and O–H groups in total. The van der Waals surface area contributed by atoms with Crippen LogP contribution in [-0.4, -0.2) is 25.6 Å². The van der Waals surface area contributed by atoms with E-state index >= 15 is 0 Å². The van der Waals surface area contributed by atoms with Crippen LogP contribution in [-0.2, 0) is 14.1 Å². The molecule has 0 amide bonds. The molecule has 1 aromatic carbocycles. The number of aryl methyl sites for hydroxylation is 3. The predicted octanol–water partition coefficient (Wildman–Crippen LogP) is 2.09. The third kappa shape index (κ3) is 1.74. The maximum absolute atomic E-state index is 10.9. The Bertz CT molecular complexity index is 782. The molecule has 0 aliphatic heterocycles. The molecule has 5 nitrogen and oxygen atoms in total. The van der Waals surface area contributed by atoms with Crippen LogP contribution in [0.1, 0.15) is 16.3 Å². The summed E-state index contributed by atoms with van der Waals surface area (Å²) in [7, 11) is 3.76. The van der Waals surface area contributed by atoms with Gasteiger partial charge >= 0.3 is 0 Å². The minimum Gasteiger partial charge on any atom is -0.331 e. The molecule has 0 unspecified atom stereocenters. The molecule has 0 bridgehead atoms. The Hall–Kier alpha value is -2.43. The van der Waals surface area contributed by atoms with Crippen LogP contribution in [0.25, 0.3) is 22.3 Å². The number of benzene rings is 1. The van der Waals surface area contributed by atoms with E-state index in [1.165, 1.54) is 0 Å². The number of rotatable bonds is 2. The number of carbonyl (C=O) groups is 1. The van der Waals surface area contributed by atoms with Gasteiger partial charge in [-0.25, -0.2) is 4.98 Å². The molecule has 0 radical (unpaired) electrons. The first-order valence-electron chi connectivity index (χ1n) is 6.03. The van der Waals surface area contributed by atoms with E-state index in [1.54, 1.807) is 17.8 Å². The minimum absolute atomic E-state index is 0.562. The number of hydrogen-bond donors (Lipinski definition) is 0. The van der Waals surface area contributed by atoms with Gasteiger partial charge in [-0.2, -0.15) is 5.10 Å². The highest BCUT2D eigenvalue weighted by Crippen LogP contribution is 2.23. The van der Waals surface area contributed by atoms with Crippen LogP contribution < -0.4 is 0 Å². The fraction of sp³-hybridized carbons (Fsp3) is 0.214. The number of aldehydes is 1. The summed E-state index contributed by atoms with van der Waals surface area (Å²) in [6.07, 6.45) is 0.806. The second-order valence-corrected chi connectivity index (χ2v) is 4.62. The zero-order valence-corrected chi connectivity index (χ0v) is 11.1. The van der Waals surface area contributed by atoms with Gasteiger partial charge in [-0.15, -0.1) is 0 Å². The van der Waals surface area contributed by atoms with Gasteiger partial charge in [-0.1, -0.05) is 6.07 Å². The van der Waals surface area contributed by atoms with Crippen LogP contribution in [0.5, 0.6) is 0 Å². The lowest BCUT2D eigenvalue weighted by Gasteiger charge is -1.98. The van der Waals surface area contributed by atoms with Gasteiger partial charge in [0.2, 0.25) is 0 Å². The van der Waals surface area contributed by atoms with Gasteiger partial charge in [0.05, 0.1) is 16.7 Å². The van der Waals surface area contributed by atoms with Gasteiger partial charge in [0, 0.05) is 19.7 Å². The van der Waals surface area contributed by atoms with Crippen molar-refractivity contribution in [3.05, 3.63) is 35.8 Å². The van der Waals surface area contributed by atoms with Gasteiger partial charge in [-0.3, -0.25) is 9.48 Å². The molecule has 0 atom stereocenters. The average molecular weight is 254 g/mol. The summed E-state index contributed by atoms with van der Waals surface area (Å²) in [4.78, 5) is 15.4. The normalized spacial score (nSPS) is 11.1. The summed E-state index contributed by atoms with van der Waals surface area (Å²) in [5.41, 5.74) is 4.35. The van der Waals surface area contributed by atoms with E-state index in [0.29, 0.717) is 5.69 Å². The van der Waals surface area contributed by atoms with Gasteiger partial charge < -0.3 is 4.57 Å². The maximum Gasteiger partial charge on any atom is 0.168 e.